The minimum Gasteiger partial charge on any atom is -0.454 e. The predicted octanol–water partition coefficient (Wildman–Crippen LogP) is 6.44. The van der Waals surface area contributed by atoms with Gasteiger partial charge in [0.2, 0.25) is 5.79 Å². The van der Waals surface area contributed by atoms with Gasteiger partial charge in [-0.1, -0.05) is 18.9 Å². The van der Waals surface area contributed by atoms with Gasteiger partial charge in [-0.15, -0.1) is 0 Å². The number of ether oxygens (including phenoxy) is 4. The first kappa shape index (κ1) is 24.8. The predicted molar refractivity (Wildman–Crippen MR) is 127 cm³/mol. The van der Waals surface area contributed by atoms with Crippen molar-refractivity contribution in [2.45, 2.75) is 71.8 Å². The van der Waals surface area contributed by atoms with Crippen molar-refractivity contribution in [1.29, 1.82) is 0 Å². The Hall–Kier alpha value is -3.29. The highest BCUT2D eigenvalue weighted by atomic mass is 19.1. The Bertz CT molecular complexity index is 1120. The van der Waals surface area contributed by atoms with Crippen LogP contribution in [0.25, 0.3) is 0 Å². The minimum absolute atomic E-state index is 0.0214. The number of rotatable bonds is 7. The van der Waals surface area contributed by atoms with E-state index in [9.17, 15) is 14.0 Å². The van der Waals surface area contributed by atoms with E-state index in [-0.39, 0.29) is 17.9 Å². The van der Waals surface area contributed by atoms with Crippen molar-refractivity contribution in [3.63, 3.8) is 0 Å². The molecule has 2 aliphatic rings. The molecule has 1 aliphatic carbocycles. The van der Waals surface area contributed by atoms with Crippen molar-refractivity contribution in [3.05, 3.63) is 53.3 Å². The fourth-order valence-electron chi connectivity index (χ4n) is 3.76. The number of fused-ring (bicyclic) bond motifs is 1. The van der Waals surface area contributed by atoms with Crippen LogP contribution in [-0.2, 0) is 16.0 Å². The zero-order valence-electron chi connectivity index (χ0n) is 20.9. The van der Waals surface area contributed by atoms with Crippen molar-refractivity contribution < 1.29 is 32.9 Å². The molecular formula is C27H32FNO6. The van der Waals surface area contributed by atoms with Gasteiger partial charge < -0.3 is 23.8 Å². The van der Waals surface area contributed by atoms with Crippen LogP contribution >= 0.6 is 0 Å². The average molecular weight is 486 g/mol. The molecule has 1 aliphatic heterocycles. The molecule has 1 heterocycles. The summed E-state index contributed by atoms with van der Waals surface area (Å²) < 4.78 is 37.1. The number of amides is 1. The third-order valence-corrected chi connectivity index (χ3v) is 5.62. The molecule has 0 radical (unpaired) electrons. The molecule has 1 saturated carbocycles. The summed E-state index contributed by atoms with van der Waals surface area (Å²) in [7, 11) is 0. The number of carbonyl (C=O) groups excluding carboxylic acids is 2. The first-order valence-electron chi connectivity index (χ1n) is 11.9. The van der Waals surface area contributed by atoms with E-state index in [0.717, 1.165) is 6.42 Å². The number of hydrogen-bond donors (Lipinski definition) is 0. The molecule has 2 aromatic carbocycles. The van der Waals surface area contributed by atoms with Crippen LogP contribution in [0.4, 0.5) is 9.18 Å². The van der Waals surface area contributed by atoms with Gasteiger partial charge in [0.1, 0.15) is 22.7 Å². The van der Waals surface area contributed by atoms with E-state index in [1.54, 1.807) is 30.9 Å². The Morgan fingerprint density at radius 2 is 1.89 bits per heavy atom. The summed E-state index contributed by atoms with van der Waals surface area (Å²) in [6, 6.07) is 9.22. The highest BCUT2D eigenvalue weighted by Gasteiger charge is 2.34. The molecule has 0 unspecified atom stereocenters. The monoisotopic (exact) mass is 485 g/mol. The van der Waals surface area contributed by atoms with E-state index in [1.165, 1.54) is 37.1 Å². The van der Waals surface area contributed by atoms with Crippen LogP contribution in [0, 0.1) is 11.7 Å². The lowest BCUT2D eigenvalue weighted by Crippen LogP contribution is -2.38. The summed E-state index contributed by atoms with van der Waals surface area (Å²) in [6.07, 6.45) is 2.88. The number of benzene rings is 2. The molecule has 8 heteroatoms. The molecule has 4 rings (SSSR count). The third-order valence-electron chi connectivity index (χ3n) is 5.62. The molecule has 0 saturated heterocycles. The third kappa shape index (κ3) is 6.65. The molecule has 0 spiro atoms. The maximum atomic E-state index is 14.9. The maximum Gasteiger partial charge on any atom is 0.410 e. The summed E-state index contributed by atoms with van der Waals surface area (Å²) >= 11 is 0. The second-order valence-electron chi connectivity index (χ2n) is 10.6. The summed E-state index contributed by atoms with van der Waals surface area (Å²) in [5, 5.41) is 0. The van der Waals surface area contributed by atoms with Gasteiger partial charge in [0.05, 0.1) is 0 Å². The number of halogens is 1. The van der Waals surface area contributed by atoms with Crippen LogP contribution in [-0.4, -0.2) is 34.9 Å². The van der Waals surface area contributed by atoms with Crippen LogP contribution in [0.15, 0.2) is 36.4 Å². The van der Waals surface area contributed by atoms with Gasteiger partial charge in [-0.2, -0.15) is 0 Å². The van der Waals surface area contributed by atoms with Gasteiger partial charge in [0.15, 0.2) is 11.6 Å². The summed E-state index contributed by atoms with van der Waals surface area (Å²) in [5.41, 5.74) is 0.304. The molecule has 188 valence electrons. The zero-order valence-corrected chi connectivity index (χ0v) is 20.9. The van der Waals surface area contributed by atoms with E-state index in [2.05, 4.69) is 0 Å². The second kappa shape index (κ2) is 9.40. The molecule has 0 aromatic heterocycles. The van der Waals surface area contributed by atoms with E-state index < -0.39 is 29.3 Å². The normalized spacial score (nSPS) is 16.6. The van der Waals surface area contributed by atoms with Crippen molar-refractivity contribution in [2.75, 3.05) is 6.54 Å². The maximum absolute atomic E-state index is 14.9. The molecule has 35 heavy (non-hydrogen) atoms. The minimum atomic E-state index is -1.10. The summed E-state index contributed by atoms with van der Waals surface area (Å²) in [5.74, 6) is -0.852. The highest BCUT2D eigenvalue weighted by Crippen LogP contribution is 2.36. The standard InChI is InChI=1S/C27H32FNO6/c1-26(2,3)35-25(31)29(13-12-17-6-7-17)16-18-8-11-22(21(28)14-18)32-19-9-10-20-23(15-19)33-27(4,5)34-24(20)30/h8-11,14-15,17H,6-7,12-13,16H2,1-5H3. The Morgan fingerprint density at radius 1 is 1.14 bits per heavy atom. The molecule has 7 nitrogen and oxygen atoms in total. The van der Waals surface area contributed by atoms with Crippen LogP contribution in [0.5, 0.6) is 17.2 Å². The van der Waals surface area contributed by atoms with Gasteiger partial charge in [0.25, 0.3) is 0 Å². The van der Waals surface area contributed by atoms with Crippen LogP contribution in [0.3, 0.4) is 0 Å². The molecule has 1 fully saturated rings. The first-order valence-corrected chi connectivity index (χ1v) is 11.9. The summed E-state index contributed by atoms with van der Waals surface area (Å²) in [6.45, 7) is 9.54. The molecular weight excluding hydrogens is 453 g/mol. The van der Waals surface area contributed by atoms with Crippen molar-refractivity contribution in [1.82, 2.24) is 4.90 Å². The number of nitrogens with zero attached hydrogens (tertiary/aromatic N) is 1. The van der Waals surface area contributed by atoms with Crippen LogP contribution < -0.4 is 9.47 Å². The van der Waals surface area contributed by atoms with E-state index in [0.29, 0.717) is 29.5 Å². The van der Waals surface area contributed by atoms with Gasteiger partial charge >= 0.3 is 12.1 Å². The Labute approximate surface area is 205 Å². The molecule has 0 N–H and O–H groups in total. The number of esters is 1. The van der Waals surface area contributed by atoms with Crippen LogP contribution in [0.2, 0.25) is 0 Å². The van der Waals surface area contributed by atoms with Crippen molar-refractivity contribution in [2.24, 2.45) is 5.92 Å². The SMILES string of the molecule is CC(C)(C)OC(=O)N(CCC1CC1)Cc1ccc(Oc2ccc3c(c2)OC(C)(C)OC3=O)c(F)c1. The largest absolute Gasteiger partial charge is 0.454 e. The lowest BCUT2D eigenvalue weighted by atomic mass is 10.1. The average Bonchev–Trinajstić information content (AvgIpc) is 3.55. The van der Waals surface area contributed by atoms with Crippen molar-refractivity contribution in [3.8, 4) is 17.2 Å². The zero-order chi connectivity index (χ0) is 25.4. The smallest absolute Gasteiger partial charge is 0.410 e. The molecule has 1 amide bonds. The molecule has 0 atom stereocenters. The van der Waals surface area contributed by atoms with Gasteiger partial charge in [0, 0.05) is 33.0 Å². The lowest BCUT2D eigenvalue weighted by molar-refractivity contribution is -0.127. The first-order chi connectivity index (χ1) is 16.4. The summed E-state index contributed by atoms with van der Waals surface area (Å²) in [4.78, 5) is 26.5. The number of cyclic esters (lactones) is 1. The number of carbonyl (C=O) groups is 2. The van der Waals surface area contributed by atoms with Crippen LogP contribution in [0.1, 0.15) is 69.8 Å². The lowest BCUT2D eigenvalue weighted by Gasteiger charge is -2.31. The van der Waals surface area contributed by atoms with Gasteiger partial charge in [-0.25, -0.2) is 14.0 Å². The topological polar surface area (TPSA) is 74.3 Å². The Morgan fingerprint density at radius 3 is 2.54 bits per heavy atom. The van der Waals surface area contributed by atoms with Crippen molar-refractivity contribution >= 4 is 12.1 Å². The van der Waals surface area contributed by atoms with E-state index in [4.69, 9.17) is 18.9 Å². The fourth-order valence-corrected chi connectivity index (χ4v) is 3.76. The number of hydrogen-bond acceptors (Lipinski definition) is 6. The quantitative estimate of drug-likeness (QED) is 0.420. The fraction of sp³-hybridized carbons (Fsp3) is 0.481. The Balaban J connectivity index is 1.46. The molecule has 2 aromatic rings. The van der Waals surface area contributed by atoms with Gasteiger partial charge in [-0.3, -0.25) is 0 Å². The second-order valence-corrected chi connectivity index (χ2v) is 10.6. The molecule has 0 bridgehead atoms. The Kier molecular flexibility index (Phi) is 6.66. The van der Waals surface area contributed by atoms with Gasteiger partial charge in [-0.05, 0) is 62.9 Å². The van der Waals surface area contributed by atoms with E-state index in [1.807, 2.05) is 20.8 Å². The van der Waals surface area contributed by atoms with E-state index >= 15 is 0 Å². The highest BCUT2D eigenvalue weighted by molar-refractivity contribution is 5.93.